The van der Waals surface area contributed by atoms with Gasteiger partial charge in [-0.25, -0.2) is 0 Å². The van der Waals surface area contributed by atoms with Crippen molar-refractivity contribution < 1.29 is 0 Å². The quantitative estimate of drug-likeness (QED) is 0.244. The maximum Gasteiger partial charge on any atom is -0.0206 e. The molecule has 3 unspecified atom stereocenters. The van der Waals surface area contributed by atoms with Gasteiger partial charge in [0.15, 0.2) is 0 Å². The van der Waals surface area contributed by atoms with Gasteiger partial charge >= 0.3 is 0 Å². The molecule has 0 bridgehead atoms. The highest BCUT2D eigenvalue weighted by Gasteiger charge is 2.15. The van der Waals surface area contributed by atoms with Crippen LogP contribution in [-0.4, -0.2) is 0 Å². The molecule has 0 aliphatic heterocycles. The summed E-state index contributed by atoms with van der Waals surface area (Å²) < 4.78 is 0. The molecule has 0 aliphatic rings. The highest BCUT2D eigenvalue weighted by molar-refractivity contribution is 5.01. The van der Waals surface area contributed by atoms with Gasteiger partial charge in [-0.3, -0.25) is 0 Å². The standard InChI is InChI=1S/C25H48/c1-9-22(6)16-18-25(24(8)15-11-13-21(4)5)19-17-23(7)14-10-12-20(2)3/h9,20-23,25H,1,8,10-19H2,2-7H3. The van der Waals surface area contributed by atoms with Crippen LogP contribution < -0.4 is 0 Å². The second-order valence-electron chi connectivity index (χ2n) is 9.44. The van der Waals surface area contributed by atoms with E-state index in [1.165, 1.54) is 69.8 Å². The van der Waals surface area contributed by atoms with Crippen LogP contribution in [0.25, 0.3) is 0 Å². The Morgan fingerprint density at radius 2 is 1.28 bits per heavy atom. The Bertz CT molecular complexity index is 336. The molecule has 0 N–H and O–H groups in total. The first kappa shape index (κ1) is 24.5. The lowest BCUT2D eigenvalue weighted by Crippen LogP contribution is -2.09. The van der Waals surface area contributed by atoms with Crippen LogP contribution in [0.3, 0.4) is 0 Å². The Labute approximate surface area is 160 Å². The van der Waals surface area contributed by atoms with Gasteiger partial charge in [-0.15, -0.1) is 6.58 Å². The van der Waals surface area contributed by atoms with E-state index in [9.17, 15) is 0 Å². The van der Waals surface area contributed by atoms with Gasteiger partial charge < -0.3 is 0 Å². The molecule has 0 fully saturated rings. The Morgan fingerprint density at radius 1 is 0.720 bits per heavy atom. The maximum absolute atomic E-state index is 4.49. The van der Waals surface area contributed by atoms with Gasteiger partial charge in [0.2, 0.25) is 0 Å². The number of allylic oxidation sites excluding steroid dienone is 2. The van der Waals surface area contributed by atoms with E-state index in [2.05, 4.69) is 60.8 Å². The van der Waals surface area contributed by atoms with Crippen LogP contribution in [0, 0.1) is 29.6 Å². The molecule has 148 valence electrons. The molecule has 0 amide bonds. The van der Waals surface area contributed by atoms with E-state index in [0.717, 1.165) is 23.7 Å². The number of hydrogen-bond acceptors (Lipinski definition) is 0. The highest BCUT2D eigenvalue weighted by atomic mass is 14.2. The van der Waals surface area contributed by atoms with Crippen molar-refractivity contribution in [2.45, 2.75) is 106 Å². The van der Waals surface area contributed by atoms with Gasteiger partial charge in [-0.2, -0.15) is 0 Å². The summed E-state index contributed by atoms with van der Waals surface area (Å²) in [5, 5.41) is 0. The third kappa shape index (κ3) is 14.3. The van der Waals surface area contributed by atoms with Crippen LogP contribution in [0.4, 0.5) is 0 Å². The fourth-order valence-electron chi connectivity index (χ4n) is 3.58. The van der Waals surface area contributed by atoms with Crippen LogP contribution in [0.5, 0.6) is 0 Å². The lowest BCUT2D eigenvalue weighted by molar-refractivity contribution is 0.372. The summed E-state index contributed by atoms with van der Waals surface area (Å²) in [6.45, 7) is 22.5. The van der Waals surface area contributed by atoms with Gasteiger partial charge in [0, 0.05) is 0 Å². The molecule has 0 saturated carbocycles. The summed E-state index contributed by atoms with van der Waals surface area (Å²) in [5.74, 6) is 3.88. The zero-order chi connectivity index (χ0) is 19.2. The van der Waals surface area contributed by atoms with E-state index in [-0.39, 0.29) is 0 Å². The lowest BCUT2D eigenvalue weighted by atomic mass is 9.83. The smallest absolute Gasteiger partial charge is 0.0206 e. The van der Waals surface area contributed by atoms with Crippen molar-refractivity contribution in [1.29, 1.82) is 0 Å². The van der Waals surface area contributed by atoms with Crippen molar-refractivity contribution >= 4 is 0 Å². The third-order valence-corrected chi connectivity index (χ3v) is 5.72. The zero-order valence-electron chi connectivity index (χ0n) is 18.4. The fraction of sp³-hybridized carbons (Fsp3) is 0.840. The van der Waals surface area contributed by atoms with Gasteiger partial charge in [0.25, 0.3) is 0 Å². The summed E-state index contributed by atoms with van der Waals surface area (Å²) in [6.07, 6.45) is 15.4. The molecule has 0 aliphatic carbocycles. The second-order valence-corrected chi connectivity index (χ2v) is 9.44. The summed E-state index contributed by atoms with van der Waals surface area (Å²) in [5.41, 5.74) is 1.52. The zero-order valence-corrected chi connectivity index (χ0v) is 18.4. The Hall–Kier alpha value is -0.520. The van der Waals surface area contributed by atoms with Crippen molar-refractivity contribution in [2.24, 2.45) is 29.6 Å². The Balaban J connectivity index is 4.36. The SMILES string of the molecule is C=CC(C)CCC(CCC(C)CCCC(C)C)C(=C)CCCC(C)C. The molecule has 0 saturated heterocycles. The van der Waals surface area contributed by atoms with Crippen LogP contribution >= 0.6 is 0 Å². The summed E-state index contributed by atoms with van der Waals surface area (Å²) in [6, 6.07) is 0. The minimum atomic E-state index is 0.634. The molecule has 3 atom stereocenters. The van der Waals surface area contributed by atoms with Crippen molar-refractivity contribution in [1.82, 2.24) is 0 Å². The predicted molar refractivity (Wildman–Crippen MR) is 117 cm³/mol. The minimum absolute atomic E-state index is 0.634. The fourth-order valence-corrected chi connectivity index (χ4v) is 3.58. The van der Waals surface area contributed by atoms with Crippen LogP contribution in [0.2, 0.25) is 0 Å². The predicted octanol–water partition coefficient (Wildman–Crippen LogP) is 8.83. The molecule has 25 heavy (non-hydrogen) atoms. The second kappa shape index (κ2) is 14.6. The monoisotopic (exact) mass is 348 g/mol. The molecule has 0 rings (SSSR count). The van der Waals surface area contributed by atoms with E-state index < -0.39 is 0 Å². The average Bonchev–Trinajstić information content (AvgIpc) is 2.53. The summed E-state index contributed by atoms with van der Waals surface area (Å²) in [7, 11) is 0. The molecule has 0 aromatic heterocycles. The molecule has 0 radical (unpaired) electrons. The average molecular weight is 349 g/mol. The largest absolute Gasteiger partial charge is 0.103 e. The first-order chi connectivity index (χ1) is 11.8. The van der Waals surface area contributed by atoms with E-state index in [4.69, 9.17) is 0 Å². The molecule has 0 heteroatoms. The first-order valence-electron chi connectivity index (χ1n) is 11.1. The Kier molecular flexibility index (Phi) is 14.3. The van der Waals surface area contributed by atoms with E-state index in [1.54, 1.807) is 0 Å². The summed E-state index contributed by atoms with van der Waals surface area (Å²) in [4.78, 5) is 0. The lowest BCUT2D eigenvalue weighted by Gasteiger charge is -2.23. The molecular weight excluding hydrogens is 300 g/mol. The molecule has 0 spiro atoms. The molecular formula is C25H48. The third-order valence-electron chi connectivity index (χ3n) is 5.72. The normalized spacial score (nSPS) is 15.4. The minimum Gasteiger partial charge on any atom is -0.103 e. The molecule has 0 aromatic rings. The number of rotatable bonds is 16. The van der Waals surface area contributed by atoms with E-state index in [1.807, 2.05) is 0 Å². The van der Waals surface area contributed by atoms with Gasteiger partial charge in [0.1, 0.15) is 0 Å². The first-order valence-corrected chi connectivity index (χ1v) is 11.1. The van der Waals surface area contributed by atoms with E-state index in [0.29, 0.717) is 5.92 Å². The molecule has 0 aromatic carbocycles. The van der Waals surface area contributed by atoms with Gasteiger partial charge in [-0.05, 0) is 61.7 Å². The van der Waals surface area contributed by atoms with Gasteiger partial charge in [0.05, 0.1) is 0 Å². The molecule has 0 nitrogen and oxygen atoms in total. The maximum atomic E-state index is 4.49. The topological polar surface area (TPSA) is 0 Å². The van der Waals surface area contributed by atoms with Crippen molar-refractivity contribution in [2.75, 3.05) is 0 Å². The van der Waals surface area contributed by atoms with Crippen LogP contribution in [0.1, 0.15) is 106 Å². The van der Waals surface area contributed by atoms with Crippen LogP contribution in [-0.2, 0) is 0 Å². The molecule has 0 heterocycles. The Morgan fingerprint density at radius 3 is 1.84 bits per heavy atom. The number of hydrogen-bond donors (Lipinski definition) is 0. The van der Waals surface area contributed by atoms with Crippen molar-refractivity contribution in [3.8, 4) is 0 Å². The van der Waals surface area contributed by atoms with Crippen molar-refractivity contribution in [3.63, 3.8) is 0 Å². The summed E-state index contributed by atoms with van der Waals surface area (Å²) >= 11 is 0. The van der Waals surface area contributed by atoms with Crippen LogP contribution in [0.15, 0.2) is 24.8 Å². The van der Waals surface area contributed by atoms with Crippen molar-refractivity contribution in [3.05, 3.63) is 24.8 Å². The van der Waals surface area contributed by atoms with Gasteiger partial charge in [-0.1, -0.05) is 91.9 Å². The highest BCUT2D eigenvalue weighted by Crippen LogP contribution is 2.30. The van der Waals surface area contributed by atoms with E-state index >= 15 is 0 Å².